The van der Waals surface area contributed by atoms with Gasteiger partial charge in [0.2, 0.25) is 0 Å². The number of hydrogen-bond acceptors (Lipinski definition) is 4. The van der Waals surface area contributed by atoms with E-state index in [0.717, 1.165) is 44.5 Å². The molecule has 1 rings (SSSR count). The number of carbonyl (C=O) groups excluding carboxylic acids is 1. The number of esters is 1. The Morgan fingerprint density at radius 3 is 2.55 bits per heavy atom. The maximum Gasteiger partial charge on any atom is 0.356 e. The van der Waals surface area contributed by atoms with Crippen LogP contribution in [0.4, 0.5) is 0 Å². The predicted octanol–water partition coefficient (Wildman–Crippen LogP) is 2.92. The van der Waals surface area contributed by atoms with E-state index in [1.165, 1.54) is 0 Å². The third-order valence-corrected chi connectivity index (χ3v) is 3.32. The molecule has 0 aliphatic carbocycles. The molecule has 0 aliphatic rings. The molecule has 0 bridgehead atoms. The maximum atomic E-state index is 11.8. The highest BCUT2D eigenvalue weighted by molar-refractivity contribution is 5.87. The highest BCUT2D eigenvalue weighted by atomic mass is 16.5. The van der Waals surface area contributed by atoms with E-state index >= 15 is 0 Å². The van der Waals surface area contributed by atoms with Gasteiger partial charge in [-0.3, -0.25) is 0 Å². The number of nitrogens with zero attached hydrogens (tertiary/aromatic N) is 2. The predicted molar refractivity (Wildman–Crippen MR) is 80.9 cm³/mol. The second-order valence-corrected chi connectivity index (χ2v) is 4.82. The molecule has 0 fully saturated rings. The minimum Gasteiger partial charge on any atom is -0.461 e. The van der Waals surface area contributed by atoms with Crippen LogP contribution in [0.1, 0.15) is 49.7 Å². The first-order valence-corrected chi connectivity index (χ1v) is 7.55. The Balaban J connectivity index is 2.32. The van der Waals surface area contributed by atoms with E-state index in [4.69, 9.17) is 4.74 Å². The van der Waals surface area contributed by atoms with Crippen LogP contribution in [0.25, 0.3) is 0 Å². The molecule has 0 aromatic carbocycles. The van der Waals surface area contributed by atoms with Crippen molar-refractivity contribution in [1.82, 2.24) is 9.88 Å². The van der Waals surface area contributed by atoms with Crippen molar-refractivity contribution in [2.24, 2.45) is 0 Å². The second kappa shape index (κ2) is 9.48. The van der Waals surface area contributed by atoms with Crippen molar-refractivity contribution in [2.75, 3.05) is 26.2 Å². The summed E-state index contributed by atoms with van der Waals surface area (Å²) in [7, 11) is 0. The number of rotatable bonds is 9. The van der Waals surface area contributed by atoms with Gasteiger partial charge in [-0.05, 0) is 37.6 Å². The lowest BCUT2D eigenvalue weighted by Crippen LogP contribution is -2.25. The average Bonchev–Trinajstić information content (AvgIpc) is 2.48. The van der Waals surface area contributed by atoms with Crippen LogP contribution in [0.2, 0.25) is 0 Å². The zero-order valence-electron chi connectivity index (χ0n) is 12.9. The number of carbonyl (C=O) groups is 1. The van der Waals surface area contributed by atoms with Crippen molar-refractivity contribution in [1.29, 1.82) is 0 Å². The van der Waals surface area contributed by atoms with Crippen molar-refractivity contribution in [2.45, 2.75) is 40.0 Å². The largest absolute Gasteiger partial charge is 0.461 e. The molecule has 0 N–H and O–H groups in total. The smallest absolute Gasteiger partial charge is 0.356 e. The summed E-state index contributed by atoms with van der Waals surface area (Å²) in [5, 5.41) is 0. The second-order valence-electron chi connectivity index (χ2n) is 4.82. The molecule has 0 unspecified atom stereocenters. The van der Waals surface area contributed by atoms with Crippen LogP contribution in [0.3, 0.4) is 0 Å². The van der Waals surface area contributed by atoms with Gasteiger partial charge in [-0.25, -0.2) is 9.78 Å². The molecule has 0 atom stereocenters. The lowest BCUT2D eigenvalue weighted by Gasteiger charge is -2.17. The fraction of sp³-hybridized carbons (Fsp3) is 0.625. The molecule has 20 heavy (non-hydrogen) atoms. The van der Waals surface area contributed by atoms with Gasteiger partial charge in [0.25, 0.3) is 0 Å². The first-order valence-electron chi connectivity index (χ1n) is 7.55. The van der Waals surface area contributed by atoms with E-state index in [9.17, 15) is 4.79 Å². The van der Waals surface area contributed by atoms with Crippen molar-refractivity contribution < 1.29 is 9.53 Å². The normalized spacial score (nSPS) is 10.8. The van der Waals surface area contributed by atoms with Crippen LogP contribution in [0.15, 0.2) is 18.3 Å². The van der Waals surface area contributed by atoms with E-state index in [1.807, 2.05) is 6.07 Å². The molecule has 1 aromatic heterocycles. The van der Waals surface area contributed by atoms with Gasteiger partial charge in [0.05, 0.1) is 6.61 Å². The Bertz CT molecular complexity index is 386. The highest BCUT2D eigenvalue weighted by Crippen LogP contribution is 2.05. The SMILES string of the molecule is CCCc1ccc(C(=O)OCCCN(CC)CC)nc1. The number of aromatic nitrogens is 1. The first-order chi connectivity index (χ1) is 9.71. The van der Waals surface area contributed by atoms with Gasteiger partial charge in [-0.2, -0.15) is 0 Å². The quantitative estimate of drug-likeness (QED) is 0.514. The van der Waals surface area contributed by atoms with E-state index in [2.05, 4.69) is 30.7 Å². The molecule has 4 heteroatoms. The maximum absolute atomic E-state index is 11.8. The molecule has 4 nitrogen and oxygen atoms in total. The molecule has 1 heterocycles. The van der Waals surface area contributed by atoms with Crippen LogP contribution in [0.5, 0.6) is 0 Å². The summed E-state index contributed by atoms with van der Waals surface area (Å²) in [5.41, 5.74) is 1.55. The Hall–Kier alpha value is -1.42. The summed E-state index contributed by atoms with van der Waals surface area (Å²) >= 11 is 0. The fourth-order valence-corrected chi connectivity index (χ4v) is 2.05. The van der Waals surface area contributed by atoms with Crippen LogP contribution in [-0.2, 0) is 11.2 Å². The van der Waals surface area contributed by atoms with Crippen molar-refractivity contribution in [3.05, 3.63) is 29.6 Å². The summed E-state index contributed by atoms with van der Waals surface area (Å²) in [6.45, 7) is 9.87. The van der Waals surface area contributed by atoms with Gasteiger partial charge in [-0.15, -0.1) is 0 Å². The zero-order valence-corrected chi connectivity index (χ0v) is 12.9. The first kappa shape index (κ1) is 16.6. The lowest BCUT2D eigenvalue weighted by atomic mass is 10.1. The highest BCUT2D eigenvalue weighted by Gasteiger charge is 2.08. The zero-order chi connectivity index (χ0) is 14.8. The molecule has 112 valence electrons. The van der Waals surface area contributed by atoms with Crippen molar-refractivity contribution in [3.63, 3.8) is 0 Å². The van der Waals surface area contributed by atoms with E-state index < -0.39 is 0 Å². The number of hydrogen-bond donors (Lipinski definition) is 0. The third kappa shape index (κ3) is 5.70. The number of aryl methyl sites for hydroxylation is 1. The summed E-state index contributed by atoms with van der Waals surface area (Å²) in [4.78, 5) is 18.3. The van der Waals surface area contributed by atoms with Crippen molar-refractivity contribution in [3.8, 4) is 0 Å². The van der Waals surface area contributed by atoms with Gasteiger partial charge in [0.15, 0.2) is 0 Å². The molecule has 0 radical (unpaired) electrons. The Labute approximate surface area is 122 Å². The van der Waals surface area contributed by atoms with Crippen LogP contribution >= 0.6 is 0 Å². The molecule has 1 aromatic rings. The average molecular weight is 278 g/mol. The van der Waals surface area contributed by atoms with E-state index in [0.29, 0.717) is 12.3 Å². The summed E-state index contributed by atoms with van der Waals surface area (Å²) in [6.07, 6.45) is 4.69. The third-order valence-electron chi connectivity index (χ3n) is 3.32. The Morgan fingerprint density at radius 1 is 1.25 bits per heavy atom. The fourth-order valence-electron chi connectivity index (χ4n) is 2.05. The van der Waals surface area contributed by atoms with Crippen LogP contribution in [0, 0.1) is 0 Å². The van der Waals surface area contributed by atoms with Gasteiger partial charge in [0.1, 0.15) is 5.69 Å². The molecular formula is C16H26N2O2. The van der Waals surface area contributed by atoms with E-state index in [1.54, 1.807) is 12.3 Å². The monoisotopic (exact) mass is 278 g/mol. The van der Waals surface area contributed by atoms with Gasteiger partial charge in [-0.1, -0.05) is 33.3 Å². The summed E-state index contributed by atoms with van der Waals surface area (Å²) in [5.74, 6) is -0.326. The topological polar surface area (TPSA) is 42.4 Å². The summed E-state index contributed by atoms with van der Waals surface area (Å²) in [6, 6.07) is 3.70. The molecule has 0 spiro atoms. The minimum atomic E-state index is -0.326. The standard InChI is InChI=1S/C16H26N2O2/c1-4-8-14-9-10-15(17-13-14)16(19)20-12-7-11-18(5-2)6-3/h9-10,13H,4-8,11-12H2,1-3H3. The molecular weight excluding hydrogens is 252 g/mol. The molecule has 0 amide bonds. The Morgan fingerprint density at radius 2 is 2.00 bits per heavy atom. The van der Waals surface area contributed by atoms with Crippen LogP contribution < -0.4 is 0 Å². The molecule has 0 saturated carbocycles. The van der Waals surface area contributed by atoms with Crippen LogP contribution in [-0.4, -0.2) is 42.1 Å². The van der Waals surface area contributed by atoms with E-state index in [-0.39, 0.29) is 5.97 Å². The summed E-state index contributed by atoms with van der Waals surface area (Å²) < 4.78 is 5.24. The molecule has 0 saturated heterocycles. The number of pyridine rings is 1. The van der Waals surface area contributed by atoms with Gasteiger partial charge < -0.3 is 9.64 Å². The minimum absolute atomic E-state index is 0.326. The van der Waals surface area contributed by atoms with Gasteiger partial charge >= 0.3 is 5.97 Å². The van der Waals surface area contributed by atoms with Crippen molar-refractivity contribution >= 4 is 5.97 Å². The number of ether oxygens (including phenoxy) is 1. The molecule has 0 aliphatic heterocycles. The Kier molecular flexibility index (Phi) is 7.88. The van der Waals surface area contributed by atoms with Gasteiger partial charge in [0, 0.05) is 12.7 Å². The lowest BCUT2D eigenvalue weighted by molar-refractivity contribution is 0.0482.